The van der Waals surface area contributed by atoms with E-state index in [1.807, 2.05) is 62.4 Å². The van der Waals surface area contributed by atoms with Gasteiger partial charge in [-0.25, -0.2) is 0 Å². The van der Waals surface area contributed by atoms with Crippen molar-refractivity contribution in [1.82, 2.24) is 0 Å². The molecule has 0 aliphatic heterocycles. The summed E-state index contributed by atoms with van der Waals surface area (Å²) in [6.07, 6.45) is 6.05. The molecule has 2 aliphatic rings. The molecule has 2 aromatic heterocycles. The molecular weight excluding hydrogens is 973 g/mol. The van der Waals surface area contributed by atoms with E-state index >= 15 is 0 Å². The van der Waals surface area contributed by atoms with E-state index < -0.39 is 20.4 Å². The third-order valence-corrected chi connectivity index (χ3v) is 59.8. The van der Waals surface area contributed by atoms with E-state index in [-0.39, 0.29) is 7.25 Å². The fourth-order valence-electron chi connectivity index (χ4n) is 9.55. The zero-order valence-corrected chi connectivity index (χ0v) is 42.5. The van der Waals surface area contributed by atoms with Crippen LogP contribution in [0, 0.1) is 13.8 Å². The number of allylic oxidation sites excluding steroid dienone is 2. The van der Waals surface area contributed by atoms with Crippen LogP contribution in [-0.2, 0) is 27.9 Å². The molecule has 0 radical (unpaired) electrons. The number of aryl methyl sites for hydroxylation is 4. The molecule has 4 nitrogen and oxygen atoms in total. The first-order chi connectivity index (χ1) is 28.5. The summed E-state index contributed by atoms with van der Waals surface area (Å²) in [7, 11) is 21.1. The van der Waals surface area contributed by atoms with Crippen molar-refractivity contribution in [3.63, 3.8) is 0 Å². The van der Waals surface area contributed by atoms with Crippen LogP contribution in [0.15, 0.2) is 81.6 Å². The number of rotatable bonds is 10. The molecule has 2 unspecified atom stereocenters. The second-order valence-corrected chi connectivity index (χ2v) is 56.3. The minimum absolute atomic E-state index is 0.373. The van der Waals surface area contributed by atoms with Gasteiger partial charge in [-0.2, -0.15) is 0 Å². The summed E-state index contributed by atoms with van der Waals surface area (Å²) in [5.41, 5.74) is 10.7. The van der Waals surface area contributed by atoms with Gasteiger partial charge in [-0.3, -0.25) is 0 Å². The number of hydrogen-bond acceptors (Lipinski definition) is 4. The Morgan fingerprint density at radius 2 is 0.950 bits per heavy atom. The molecule has 0 saturated carbocycles. The van der Waals surface area contributed by atoms with Gasteiger partial charge in [0.1, 0.15) is 0 Å². The number of hydrogen-bond donors (Lipinski definition) is 0. The molecule has 4 aromatic carbocycles. The summed E-state index contributed by atoms with van der Waals surface area (Å²) in [5.74, 6) is 3.96. The summed E-state index contributed by atoms with van der Waals surface area (Å²) >= 11 is 21.8. The number of methoxy groups -OCH3 is 2. The van der Waals surface area contributed by atoms with Crippen LogP contribution in [0.25, 0.3) is 45.6 Å². The average Bonchev–Trinajstić information content (AvgIpc) is 4.01. The van der Waals surface area contributed by atoms with Gasteiger partial charge in [0.25, 0.3) is 0 Å². The molecule has 12 heteroatoms. The first-order valence-corrected chi connectivity index (χ1v) is 36.8. The molecule has 310 valence electrons. The van der Waals surface area contributed by atoms with E-state index in [0.29, 0.717) is 31.6 Å². The number of ether oxygens (including phenoxy) is 2. The van der Waals surface area contributed by atoms with Crippen molar-refractivity contribution in [2.45, 2.75) is 60.9 Å². The Morgan fingerprint density at radius 1 is 0.583 bits per heavy atom. The Hall–Kier alpha value is -2.64. The molecule has 0 amide bonds. The van der Waals surface area contributed by atoms with Gasteiger partial charge in [-0.1, -0.05) is 0 Å². The molecule has 2 atom stereocenters. The predicted molar refractivity (Wildman–Crippen MR) is 253 cm³/mol. The van der Waals surface area contributed by atoms with E-state index in [0.717, 1.165) is 103 Å². The van der Waals surface area contributed by atoms with Crippen molar-refractivity contribution >= 4 is 92.2 Å². The van der Waals surface area contributed by atoms with Gasteiger partial charge in [0.2, 0.25) is 0 Å². The van der Waals surface area contributed by atoms with Gasteiger partial charge >= 0.3 is 384 Å². The summed E-state index contributed by atoms with van der Waals surface area (Å²) in [6, 6.07) is 24.7. The molecule has 0 fully saturated rings. The van der Waals surface area contributed by atoms with Gasteiger partial charge in [-0.15, -0.1) is 0 Å². The zero-order chi connectivity index (χ0) is 43.0. The molecule has 0 N–H and O–H groups in total. The maximum absolute atomic E-state index is 8.96. The van der Waals surface area contributed by atoms with E-state index in [4.69, 9.17) is 81.7 Å². The van der Waals surface area contributed by atoms with Crippen LogP contribution >= 0.6 is 63.4 Å². The van der Waals surface area contributed by atoms with Crippen LogP contribution in [-0.4, -0.2) is 19.7 Å². The molecule has 60 heavy (non-hydrogen) atoms. The third kappa shape index (κ3) is 6.96. The molecular formula is C48H44Cl6O4SiZr. The fourth-order valence-corrected chi connectivity index (χ4v) is 38.5. The topological polar surface area (TPSA) is 44.7 Å². The summed E-state index contributed by atoms with van der Waals surface area (Å²) < 4.78 is 23.5. The third-order valence-electron chi connectivity index (χ3n) is 12.4. The molecule has 2 heterocycles. The van der Waals surface area contributed by atoms with Gasteiger partial charge in [0.05, 0.1) is 0 Å². The fraction of sp³-hybridized carbons (Fsp3) is 0.250. The minimum atomic E-state index is -5.58. The zero-order valence-electron chi connectivity index (χ0n) is 34.6. The van der Waals surface area contributed by atoms with E-state index in [1.54, 1.807) is 14.2 Å². The Labute approximate surface area is 380 Å². The van der Waals surface area contributed by atoms with Crippen molar-refractivity contribution in [2.24, 2.45) is 0 Å². The Balaban J connectivity index is 1.47. The van der Waals surface area contributed by atoms with Crippen molar-refractivity contribution in [2.75, 3.05) is 14.2 Å². The normalized spacial score (nSPS) is 16.1. The quantitative estimate of drug-likeness (QED) is 0.128. The van der Waals surface area contributed by atoms with Crippen molar-refractivity contribution in [3.05, 3.63) is 149 Å². The van der Waals surface area contributed by atoms with Gasteiger partial charge in [0.15, 0.2) is 0 Å². The summed E-state index contributed by atoms with van der Waals surface area (Å²) in [5, 5.41) is 1.72. The van der Waals surface area contributed by atoms with Crippen LogP contribution in [0.3, 0.4) is 0 Å². The monoisotopic (exact) mass is 1010 g/mol. The second kappa shape index (κ2) is 16.5. The molecule has 0 spiro atoms. The van der Waals surface area contributed by atoms with Gasteiger partial charge in [0, 0.05) is 0 Å². The summed E-state index contributed by atoms with van der Waals surface area (Å²) in [6.45, 7) is 12.8. The molecule has 0 bridgehead atoms. The average molecular weight is 1020 g/mol. The molecule has 0 saturated heterocycles. The van der Waals surface area contributed by atoms with Crippen LogP contribution < -0.4 is 9.47 Å². The standard InChI is InChI=1S/2C23H19Cl2O2.C2H6Si.2ClH.Zr/c2*1-4-14-6-7-15-9-16(21-8-5-13(2)27-21)10-18(15)22(14)17-11-19(24)23(26-3)20(25)12-17;1-3-2;;;/h2*5-12H,4H2,1-3H3;1-2H3;2*1H;/q;;;;;+2/p-2. The van der Waals surface area contributed by atoms with Gasteiger partial charge in [-0.05, 0) is 0 Å². The Kier molecular flexibility index (Phi) is 12.1. The van der Waals surface area contributed by atoms with Crippen molar-refractivity contribution < 1.29 is 33.3 Å². The molecule has 6 aromatic rings. The van der Waals surface area contributed by atoms with Crippen LogP contribution in [0.2, 0.25) is 33.2 Å². The Bertz CT molecular complexity index is 2660. The van der Waals surface area contributed by atoms with E-state index in [1.165, 1.54) is 0 Å². The van der Waals surface area contributed by atoms with E-state index in [2.05, 4.69) is 63.4 Å². The maximum atomic E-state index is 8.96. The summed E-state index contributed by atoms with van der Waals surface area (Å²) in [4.78, 5) is 0. The predicted octanol–water partition coefficient (Wildman–Crippen LogP) is 16.7. The van der Waals surface area contributed by atoms with Crippen molar-refractivity contribution in [1.29, 1.82) is 0 Å². The number of furan rings is 2. The van der Waals surface area contributed by atoms with Crippen LogP contribution in [0.4, 0.5) is 0 Å². The second-order valence-electron chi connectivity index (χ2n) is 15.9. The van der Waals surface area contributed by atoms with Gasteiger partial charge < -0.3 is 0 Å². The molecule has 8 rings (SSSR count). The van der Waals surface area contributed by atoms with Crippen LogP contribution in [0.5, 0.6) is 11.5 Å². The van der Waals surface area contributed by atoms with Crippen LogP contribution in [0.1, 0.15) is 77.5 Å². The number of halogens is 6. The number of benzene rings is 4. The first kappa shape index (κ1) is 44.0. The SMILES string of the molecule is CCc1ccc2c(c1-c1cc(Cl)c(OC)c(Cl)c1)C=C(c1ccc(C)o1)[CH]2[Zr]([Cl])([Cl])([CH]1C(c2ccc(C)o2)=Cc2c1ccc(CC)c2-c1cc(Cl)c(OC)c(Cl)c1)=[Si](C)C. The first-order valence-electron chi connectivity index (χ1n) is 19.9. The van der Waals surface area contributed by atoms with E-state index in [9.17, 15) is 0 Å². The van der Waals surface area contributed by atoms with Crippen molar-refractivity contribution in [3.8, 4) is 33.8 Å². The molecule has 2 aliphatic carbocycles. The Morgan fingerprint density at radius 3 is 1.23 bits per heavy atom. The number of fused-ring (bicyclic) bond motifs is 2.